The molecule has 8 heterocycles. The average Bonchev–Trinajstić information content (AvgIpc) is 1.57. The summed E-state index contributed by atoms with van der Waals surface area (Å²) < 4.78 is 198. The number of thioether (sulfide) groups is 5. The molecule has 8 N–H and O–H groups in total. The Labute approximate surface area is 832 Å². The fourth-order valence-corrected chi connectivity index (χ4v) is 29.1. The molecule has 742 valence electrons. The number of amides is 4. The molecule has 0 bridgehead atoms. The molecule has 10 aromatic carbocycles. The topological polar surface area (TPSA) is 248 Å². The van der Waals surface area contributed by atoms with Crippen molar-refractivity contribution in [3.05, 3.63) is 354 Å². The molecule has 10 unspecified atom stereocenters. The van der Waals surface area contributed by atoms with Crippen LogP contribution in [0.1, 0.15) is 164 Å². The number of benzene rings is 10. The molecule has 10 aromatic rings. The van der Waals surface area contributed by atoms with E-state index < -0.39 is 113 Å². The molecule has 11 aliphatic rings. The average molecular weight is 2050 g/mol. The van der Waals surface area contributed by atoms with E-state index in [1.54, 1.807) is 11.8 Å². The van der Waals surface area contributed by atoms with Crippen molar-refractivity contribution < 1.29 is 80.6 Å². The standard InChI is InChI=1S/2C21H19F4N3OS.C21H22F2N4OS.C21H19F2N3OS.C19H16F2N2S.CH4/c1-11(29)28-21(30-20(27-28)16-8-13(22)3-5-18(16)24)12(6-7-26)2-4-15-17(21)9-14(23)10-19(15)25;1-11(29)28-21(30-20(27-28)15-9-14(22)4-5-17(15)23)13(6-7-26)3-2-12-8-18(24)19(25)10-16(12)21;1-12-4-3-5-17-19(12)25-11-14(8-9-24)21(17)27(13(2)28)26-20(29-21)16-10-15(22)6-7-18(16)23;1-3-6-14-12-24-19-8-5-4-7-17(19)21(14)26(13(2)27)25-20(28-21)16-11-15(22)9-10-18(16)23;20-14-7-8-17(21)15(11-14)18-22-23-10-9-13-6-5-12-3-1-2-4-16(12)19(13,23)24-18;/h3,5,8-10,12H,2,4,6-7,26H2,1H3;4-5,8-10,13H,2-3,6-7,26H2,1H3;3-7,10,14,25H,8-9,11,24H2,1-2H3;3-5,7-11,14,24H,1,6,12H2,2H3;1-4,7-8,11,13H,5-6,9-10H2;1H4. The highest BCUT2D eigenvalue weighted by atomic mass is 32.2. The predicted molar refractivity (Wildman–Crippen MR) is 531 cm³/mol. The number of rotatable bonds is 13. The second kappa shape index (κ2) is 41.9. The van der Waals surface area contributed by atoms with Crippen molar-refractivity contribution in [2.75, 3.05) is 49.9 Å². The zero-order valence-corrected chi connectivity index (χ0v) is 80.8. The van der Waals surface area contributed by atoms with Gasteiger partial charge in [-0.25, -0.2) is 81.5 Å². The first-order valence-electron chi connectivity index (χ1n) is 45.7. The Kier molecular flexibility index (Phi) is 30.4. The minimum absolute atomic E-state index is 0. The van der Waals surface area contributed by atoms with Crippen molar-refractivity contribution in [1.29, 1.82) is 0 Å². The molecular formula is C104H99F14N15O4S5. The number of nitrogens with zero attached hydrogens (tertiary/aromatic N) is 10. The van der Waals surface area contributed by atoms with Crippen LogP contribution in [0.4, 0.5) is 72.8 Å². The third kappa shape index (κ3) is 18.6. The van der Waals surface area contributed by atoms with E-state index in [0.29, 0.717) is 105 Å². The van der Waals surface area contributed by atoms with Crippen LogP contribution in [0.2, 0.25) is 0 Å². The maximum absolute atomic E-state index is 14.6. The number of anilines is 2. The van der Waals surface area contributed by atoms with Gasteiger partial charge in [-0.15, -0.1) is 6.58 Å². The summed E-state index contributed by atoms with van der Waals surface area (Å²) in [5, 5.41) is 37.8. The van der Waals surface area contributed by atoms with Gasteiger partial charge >= 0.3 is 0 Å². The first kappa shape index (κ1) is 103. The maximum atomic E-state index is 14.6. The minimum atomic E-state index is -1.30. The lowest BCUT2D eigenvalue weighted by atomic mass is 9.76. The normalized spacial score (nSPS) is 23.6. The van der Waals surface area contributed by atoms with Gasteiger partial charge in [-0.05, 0) is 269 Å². The quantitative estimate of drug-likeness (QED) is 0.0532. The lowest BCUT2D eigenvalue weighted by Gasteiger charge is -2.46. The van der Waals surface area contributed by atoms with Crippen molar-refractivity contribution in [2.45, 2.75) is 137 Å². The predicted octanol–water partition coefficient (Wildman–Crippen LogP) is 22.1. The van der Waals surface area contributed by atoms with E-state index in [1.165, 1.54) is 95.6 Å². The number of fused-ring (bicyclic) bond motifs is 9. The third-order valence-corrected chi connectivity index (χ3v) is 34.8. The van der Waals surface area contributed by atoms with Crippen molar-refractivity contribution in [3.63, 3.8) is 0 Å². The van der Waals surface area contributed by atoms with Crippen molar-refractivity contribution in [1.82, 2.24) is 25.0 Å². The lowest BCUT2D eigenvalue weighted by molar-refractivity contribution is -0.135. The van der Waals surface area contributed by atoms with E-state index in [0.717, 1.165) is 179 Å². The summed E-state index contributed by atoms with van der Waals surface area (Å²) in [7, 11) is 0. The zero-order chi connectivity index (χ0) is 100. The molecule has 21 rings (SSSR count). The number of aryl methyl sites for hydroxylation is 3. The fraction of sp³-hybridized carbons (Fsp3) is 0.317. The van der Waals surface area contributed by atoms with Gasteiger partial charge in [0, 0.05) is 116 Å². The Hall–Kier alpha value is -11.8. The van der Waals surface area contributed by atoms with E-state index in [-0.39, 0.29) is 108 Å². The Morgan fingerprint density at radius 3 is 1.25 bits per heavy atom. The number of halogens is 14. The first-order valence-corrected chi connectivity index (χ1v) is 49.8. The summed E-state index contributed by atoms with van der Waals surface area (Å²) in [6, 6.07) is 42.3. The smallest absolute Gasteiger partial charge is 0.241 e. The molecule has 10 atom stereocenters. The van der Waals surface area contributed by atoms with Crippen molar-refractivity contribution >= 4 is 119 Å². The lowest BCUT2D eigenvalue weighted by Crippen LogP contribution is -2.51. The summed E-state index contributed by atoms with van der Waals surface area (Å²) >= 11 is 6.27. The van der Waals surface area contributed by atoms with Gasteiger partial charge in [0.15, 0.2) is 11.6 Å². The molecule has 3 aliphatic carbocycles. The van der Waals surface area contributed by atoms with Crippen molar-refractivity contribution in [3.8, 4) is 0 Å². The monoisotopic (exact) mass is 2050 g/mol. The van der Waals surface area contributed by atoms with Crippen LogP contribution in [-0.4, -0.2) is 113 Å². The Balaban J connectivity index is 0.000000128. The molecule has 0 aromatic heterocycles. The summed E-state index contributed by atoms with van der Waals surface area (Å²) in [5.41, 5.74) is 26.5. The first-order chi connectivity index (χ1) is 67.6. The number of allylic oxidation sites excluding steroid dienone is 1. The molecule has 0 saturated carbocycles. The van der Waals surface area contributed by atoms with Crippen molar-refractivity contribution in [2.24, 2.45) is 72.3 Å². The van der Waals surface area contributed by atoms with E-state index in [9.17, 15) is 80.6 Å². The number of carbonyl (C=O) groups excluding carboxylic acids is 4. The van der Waals surface area contributed by atoms with Gasteiger partial charge in [0.05, 0.1) is 0 Å². The molecule has 142 heavy (non-hydrogen) atoms. The molecule has 0 radical (unpaired) electrons. The number of para-hydroxylation sites is 2. The molecule has 19 nitrogen and oxygen atoms in total. The molecule has 8 aliphatic heterocycles. The highest BCUT2D eigenvalue weighted by Gasteiger charge is 2.62. The van der Waals surface area contributed by atoms with Gasteiger partial charge in [0.1, 0.15) is 119 Å². The van der Waals surface area contributed by atoms with E-state index in [4.69, 9.17) is 22.3 Å². The van der Waals surface area contributed by atoms with Crippen LogP contribution in [-0.2, 0) is 62.8 Å². The summed E-state index contributed by atoms with van der Waals surface area (Å²) in [6.45, 7) is 14.4. The van der Waals surface area contributed by atoms with Crippen LogP contribution in [0.25, 0.3) is 0 Å². The van der Waals surface area contributed by atoms with Crippen LogP contribution >= 0.6 is 58.8 Å². The highest BCUT2D eigenvalue weighted by molar-refractivity contribution is 8.16. The van der Waals surface area contributed by atoms with Crippen LogP contribution in [0.15, 0.2) is 220 Å². The largest absolute Gasteiger partial charge is 0.384 e. The second-order valence-corrected chi connectivity index (χ2v) is 41.6. The van der Waals surface area contributed by atoms with Crippen LogP contribution in [0, 0.1) is 118 Å². The summed E-state index contributed by atoms with van der Waals surface area (Å²) in [4.78, 5) is 46.0. The van der Waals surface area contributed by atoms with Gasteiger partial charge in [-0.1, -0.05) is 133 Å². The number of nitrogens with one attached hydrogen (secondary N) is 2. The molecule has 4 amide bonds. The van der Waals surface area contributed by atoms with Gasteiger partial charge in [0.2, 0.25) is 23.6 Å². The number of hydrazone groups is 5. The summed E-state index contributed by atoms with van der Waals surface area (Å²) in [6.07, 6.45) is 9.21. The van der Waals surface area contributed by atoms with Gasteiger partial charge in [0.25, 0.3) is 0 Å². The Bertz CT molecular complexity index is 6840. The van der Waals surface area contributed by atoms with E-state index in [1.807, 2.05) is 55.5 Å². The molecule has 5 spiro atoms. The number of hydrogen-bond acceptors (Lipinski definition) is 20. The number of hydrogen-bond donors (Lipinski definition) is 5. The van der Waals surface area contributed by atoms with E-state index >= 15 is 0 Å². The molecule has 1 saturated heterocycles. The molecule has 1 fully saturated rings. The van der Waals surface area contributed by atoms with Crippen LogP contribution in [0.3, 0.4) is 0 Å². The molecule has 38 heteroatoms. The Morgan fingerprint density at radius 2 is 0.775 bits per heavy atom. The second-order valence-electron chi connectivity index (χ2n) is 35.5. The SMILES string of the molecule is C.C=CCC1CNc2ccccc2C12SC(c1cc(F)ccc1F)=NN2C(C)=O.CC(=O)N1N=C(c2cc(F)ccc2F)SC12c1cc(F)c(F)cc1CCC2CCN.CC(=O)N1N=C(c2cc(F)ccc2F)SC12c1cc(F)cc(F)c1CCC2CCN.CC(=O)N1N=C(c2cc(F)ccc2F)SC12c1cccc(C)c1NCC2CCN.Fc1ccc(F)c(C2=NN3CCC4CCc5ccccc5C43S2)c1. The van der Waals surface area contributed by atoms with Crippen LogP contribution < -0.4 is 27.8 Å². The van der Waals surface area contributed by atoms with Gasteiger partial charge < -0.3 is 27.8 Å². The maximum Gasteiger partial charge on any atom is 0.241 e. The van der Waals surface area contributed by atoms with Gasteiger partial charge in [-0.3, -0.25) is 24.2 Å². The van der Waals surface area contributed by atoms with Gasteiger partial charge in [-0.2, -0.15) is 25.5 Å². The fourth-order valence-electron chi connectivity index (χ4n) is 21.0. The minimum Gasteiger partial charge on any atom is -0.384 e. The van der Waals surface area contributed by atoms with Crippen LogP contribution in [0.5, 0.6) is 0 Å². The number of nitrogens with two attached hydrogens (primary N) is 3. The highest BCUT2D eigenvalue weighted by Crippen LogP contribution is 2.65. The number of carbonyl (C=O) groups is 4. The zero-order valence-electron chi connectivity index (χ0n) is 76.7. The summed E-state index contributed by atoms with van der Waals surface area (Å²) in [5.74, 6) is -10.9. The van der Waals surface area contributed by atoms with E-state index in [2.05, 4.69) is 66.9 Å². The third-order valence-electron chi connectivity index (χ3n) is 27.1. The molecular weight excluding hydrogens is 1950 g/mol. The Morgan fingerprint density at radius 1 is 0.380 bits per heavy atom.